The Morgan fingerprint density at radius 3 is 2.72 bits per heavy atom. The molecule has 0 heterocycles. The van der Waals surface area contributed by atoms with Crippen LogP contribution >= 0.6 is 11.8 Å². The molecule has 1 rings (SSSR count). The van der Waals surface area contributed by atoms with Gasteiger partial charge in [0.25, 0.3) is 0 Å². The van der Waals surface area contributed by atoms with Gasteiger partial charge in [-0.2, -0.15) is 0 Å². The zero-order valence-electron chi connectivity index (χ0n) is 10.2. The van der Waals surface area contributed by atoms with Crippen LogP contribution in [-0.4, -0.2) is 25.7 Å². The summed E-state index contributed by atoms with van der Waals surface area (Å²) in [6, 6.07) is 7.02. The van der Waals surface area contributed by atoms with Gasteiger partial charge in [-0.05, 0) is 24.5 Å². The lowest BCUT2D eigenvalue weighted by molar-refractivity contribution is -0.137. The zero-order valence-corrected chi connectivity index (χ0v) is 11.0. The first-order valence-corrected chi connectivity index (χ1v) is 6.24. The first kappa shape index (κ1) is 14.3. The van der Waals surface area contributed by atoms with E-state index in [1.165, 1.54) is 24.9 Å². The van der Waals surface area contributed by atoms with Gasteiger partial charge in [-0.15, -0.1) is 0 Å². The number of carbonyl (C=O) groups is 2. The molecule has 0 bridgehead atoms. The van der Waals surface area contributed by atoms with Crippen LogP contribution in [0.2, 0.25) is 0 Å². The van der Waals surface area contributed by atoms with E-state index >= 15 is 0 Å². The maximum Gasteiger partial charge on any atom is 0.339 e. The molecule has 0 radical (unpaired) electrons. The number of hydrogen-bond acceptors (Lipinski definition) is 5. The van der Waals surface area contributed by atoms with Gasteiger partial charge >= 0.3 is 11.9 Å². The molecule has 0 saturated heterocycles. The highest BCUT2D eigenvalue weighted by Crippen LogP contribution is 2.24. The molecule has 0 aliphatic carbocycles. The van der Waals surface area contributed by atoms with E-state index in [0.717, 1.165) is 4.90 Å². The van der Waals surface area contributed by atoms with E-state index < -0.39 is 11.9 Å². The fraction of sp³-hybridized carbons (Fsp3) is 0.231. The second-order valence-electron chi connectivity index (χ2n) is 3.16. The fourth-order valence-electron chi connectivity index (χ4n) is 1.20. The Kier molecular flexibility index (Phi) is 6.00. The molecule has 0 spiro atoms. The first-order valence-electron chi connectivity index (χ1n) is 5.36. The third-order valence-electron chi connectivity index (χ3n) is 1.98. The van der Waals surface area contributed by atoms with Crippen molar-refractivity contribution < 1.29 is 19.1 Å². The van der Waals surface area contributed by atoms with Crippen molar-refractivity contribution in [1.82, 2.24) is 0 Å². The number of ether oxygens (including phenoxy) is 2. The number of esters is 2. The summed E-state index contributed by atoms with van der Waals surface area (Å²) in [5.74, 6) is -0.803. The van der Waals surface area contributed by atoms with Gasteiger partial charge in [0, 0.05) is 11.0 Å². The van der Waals surface area contributed by atoms with E-state index in [2.05, 4.69) is 4.74 Å². The molecule has 0 unspecified atom stereocenters. The highest BCUT2D eigenvalue weighted by Gasteiger charge is 2.10. The van der Waals surface area contributed by atoms with Crippen molar-refractivity contribution in [3.63, 3.8) is 0 Å². The predicted molar refractivity (Wildman–Crippen MR) is 69.4 cm³/mol. The van der Waals surface area contributed by atoms with Gasteiger partial charge in [-0.3, -0.25) is 0 Å². The quantitative estimate of drug-likeness (QED) is 0.466. The molecular weight excluding hydrogens is 252 g/mol. The molecule has 18 heavy (non-hydrogen) atoms. The van der Waals surface area contributed by atoms with Crippen LogP contribution in [0, 0.1) is 0 Å². The summed E-state index contributed by atoms with van der Waals surface area (Å²) < 4.78 is 9.42. The summed E-state index contributed by atoms with van der Waals surface area (Å²) in [6.07, 6.45) is 1.32. The summed E-state index contributed by atoms with van der Waals surface area (Å²) in [4.78, 5) is 23.3. The molecule has 0 fully saturated rings. The Morgan fingerprint density at radius 2 is 2.06 bits per heavy atom. The highest BCUT2D eigenvalue weighted by atomic mass is 32.2. The van der Waals surface area contributed by atoms with Crippen LogP contribution in [0.5, 0.6) is 0 Å². The van der Waals surface area contributed by atoms with Crippen molar-refractivity contribution >= 4 is 23.7 Å². The van der Waals surface area contributed by atoms with Gasteiger partial charge in [0.05, 0.1) is 19.3 Å². The van der Waals surface area contributed by atoms with E-state index in [0.29, 0.717) is 12.2 Å². The van der Waals surface area contributed by atoms with Crippen LogP contribution in [-0.2, 0) is 14.3 Å². The van der Waals surface area contributed by atoms with Crippen LogP contribution < -0.4 is 0 Å². The van der Waals surface area contributed by atoms with Crippen LogP contribution in [0.25, 0.3) is 0 Å². The standard InChI is InChI=1S/C13H14O4S/c1-3-17-12(14)8-9-18-11-7-5-4-6-10(11)13(15)16-2/h4-9H,3H2,1-2H3/b9-8-. The van der Waals surface area contributed by atoms with Gasteiger partial charge in [0.2, 0.25) is 0 Å². The summed E-state index contributed by atoms with van der Waals surface area (Å²) in [5.41, 5.74) is 0.471. The average molecular weight is 266 g/mol. The van der Waals surface area contributed by atoms with E-state index in [-0.39, 0.29) is 0 Å². The molecule has 0 amide bonds. The van der Waals surface area contributed by atoms with Crippen molar-refractivity contribution in [2.45, 2.75) is 11.8 Å². The normalized spacial score (nSPS) is 10.3. The van der Waals surface area contributed by atoms with Crippen LogP contribution in [0.1, 0.15) is 17.3 Å². The third kappa shape index (κ3) is 4.25. The van der Waals surface area contributed by atoms with Crippen molar-refractivity contribution in [2.24, 2.45) is 0 Å². The van der Waals surface area contributed by atoms with Crippen LogP contribution in [0.3, 0.4) is 0 Å². The van der Waals surface area contributed by atoms with Crippen molar-refractivity contribution in [2.75, 3.05) is 13.7 Å². The molecule has 0 saturated carbocycles. The Labute approximate surface area is 110 Å². The van der Waals surface area contributed by atoms with Gasteiger partial charge < -0.3 is 9.47 Å². The van der Waals surface area contributed by atoms with Gasteiger partial charge in [-0.25, -0.2) is 9.59 Å². The lowest BCUT2D eigenvalue weighted by atomic mass is 10.2. The number of hydrogen-bond donors (Lipinski definition) is 0. The molecule has 4 nitrogen and oxygen atoms in total. The number of carbonyl (C=O) groups excluding carboxylic acids is 2. The molecule has 0 aromatic heterocycles. The molecule has 0 aliphatic rings. The van der Waals surface area contributed by atoms with Gasteiger partial charge in [0.15, 0.2) is 0 Å². The Hall–Kier alpha value is -1.75. The Morgan fingerprint density at radius 1 is 1.33 bits per heavy atom. The Balaban J connectivity index is 2.73. The van der Waals surface area contributed by atoms with Crippen LogP contribution in [0.15, 0.2) is 40.6 Å². The monoisotopic (exact) mass is 266 g/mol. The number of methoxy groups -OCH3 is 1. The minimum absolute atomic E-state index is 0.340. The molecule has 96 valence electrons. The molecule has 5 heteroatoms. The summed E-state index contributed by atoms with van der Waals surface area (Å²) >= 11 is 1.26. The van der Waals surface area contributed by atoms with Gasteiger partial charge in [-0.1, -0.05) is 23.9 Å². The summed E-state index contributed by atoms with van der Waals surface area (Å²) in [5, 5.41) is 1.58. The van der Waals surface area contributed by atoms with E-state index in [1.807, 2.05) is 6.07 Å². The molecule has 1 aromatic carbocycles. The van der Waals surface area contributed by atoms with Crippen molar-refractivity contribution in [3.05, 3.63) is 41.3 Å². The second-order valence-corrected chi connectivity index (χ2v) is 4.11. The topological polar surface area (TPSA) is 52.6 Å². The van der Waals surface area contributed by atoms with Gasteiger partial charge in [0.1, 0.15) is 0 Å². The third-order valence-corrected chi connectivity index (χ3v) is 2.86. The molecule has 0 aliphatic heterocycles. The molecule has 0 N–H and O–H groups in total. The maximum absolute atomic E-state index is 11.5. The smallest absolute Gasteiger partial charge is 0.339 e. The highest BCUT2D eigenvalue weighted by molar-refractivity contribution is 8.02. The number of thioether (sulfide) groups is 1. The SMILES string of the molecule is CCOC(=O)/C=C\Sc1ccccc1C(=O)OC. The lowest BCUT2D eigenvalue weighted by Crippen LogP contribution is -2.02. The fourth-order valence-corrected chi connectivity index (χ4v) is 1.96. The largest absolute Gasteiger partial charge is 0.465 e. The number of benzene rings is 1. The van der Waals surface area contributed by atoms with E-state index in [9.17, 15) is 9.59 Å². The summed E-state index contributed by atoms with van der Waals surface area (Å²) in [7, 11) is 1.33. The van der Waals surface area contributed by atoms with E-state index in [4.69, 9.17) is 4.74 Å². The average Bonchev–Trinajstić information content (AvgIpc) is 2.39. The molecule has 0 atom stereocenters. The Bertz CT molecular complexity index is 454. The molecular formula is C13H14O4S. The second kappa shape index (κ2) is 7.55. The van der Waals surface area contributed by atoms with Crippen LogP contribution in [0.4, 0.5) is 0 Å². The zero-order chi connectivity index (χ0) is 13.4. The lowest BCUT2D eigenvalue weighted by Gasteiger charge is -2.04. The number of rotatable bonds is 5. The molecule has 1 aromatic rings. The van der Waals surface area contributed by atoms with Crippen molar-refractivity contribution in [1.29, 1.82) is 0 Å². The van der Waals surface area contributed by atoms with Crippen molar-refractivity contribution in [3.8, 4) is 0 Å². The minimum Gasteiger partial charge on any atom is -0.465 e. The van der Waals surface area contributed by atoms with E-state index in [1.54, 1.807) is 30.5 Å². The minimum atomic E-state index is -0.402. The first-order chi connectivity index (χ1) is 8.69. The predicted octanol–water partition coefficient (Wildman–Crippen LogP) is 2.64. The maximum atomic E-state index is 11.5. The summed E-state index contributed by atoms with van der Waals surface area (Å²) in [6.45, 7) is 2.08.